The standard InChI is InChI=1S/C13H28N2O/c1-12(2)6-10-16-11-8-14-7-9-15(3)13-4-5-13/h12-14H,4-11H2,1-3H3. The Bertz CT molecular complexity index is 169. The molecule has 0 aromatic heterocycles. The van der Waals surface area contributed by atoms with E-state index in [0.717, 1.165) is 44.8 Å². The molecule has 1 aliphatic carbocycles. The van der Waals surface area contributed by atoms with Crippen molar-refractivity contribution in [3.63, 3.8) is 0 Å². The average Bonchev–Trinajstić information content (AvgIpc) is 3.04. The first-order valence-corrected chi connectivity index (χ1v) is 6.69. The Morgan fingerprint density at radius 2 is 2.00 bits per heavy atom. The first kappa shape index (κ1) is 13.9. The highest BCUT2D eigenvalue weighted by Gasteiger charge is 2.25. The third kappa shape index (κ3) is 7.20. The fraction of sp³-hybridized carbons (Fsp3) is 1.00. The predicted molar refractivity (Wildman–Crippen MR) is 68.8 cm³/mol. The highest BCUT2D eigenvalue weighted by Crippen LogP contribution is 2.24. The van der Waals surface area contributed by atoms with Crippen LogP contribution < -0.4 is 5.32 Å². The van der Waals surface area contributed by atoms with Gasteiger partial charge in [-0.05, 0) is 32.2 Å². The van der Waals surface area contributed by atoms with Crippen molar-refractivity contribution >= 4 is 0 Å². The summed E-state index contributed by atoms with van der Waals surface area (Å²) in [6.45, 7) is 9.44. The van der Waals surface area contributed by atoms with E-state index in [0.29, 0.717) is 0 Å². The third-order valence-corrected chi connectivity index (χ3v) is 3.07. The van der Waals surface area contributed by atoms with Gasteiger partial charge in [-0.3, -0.25) is 0 Å². The van der Waals surface area contributed by atoms with Crippen LogP contribution >= 0.6 is 0 Å². The quantitative estimate of drug-likeness (QED) is 0.576. The molecule has 0 aromatic rings. The zero-order valence-electron chi connectivity index (χ0n) is 11.2. The van der Waals surface area contributed by atoms with Gasteiger partial charge in [-0.25, -0.2) is 0 Å². The fourth-order valence-corrected chi connectivity index (χ4v) is 1.64. The van der Waals surface area contributed by atoms with Crippen LogP contribution in [0.2, 0.25) is 0 Å². The lowest BCUT2D eigenvalue weighted by atomic mass is 10.1. The molecule has 3 heteroatoms. The molecule has 1 fully saturated rings. The molecule has 0 spiro atoms. The smallest absolute Gasteiger partial charge is 0.0590 e. The van der Waals surface area contributed by atoms with E-state index in [-0.39, 0.29) is 0 Å². The second-order valence-electron chi connectivity index (χ2n) is 5.26. The van der Waals surface area contributed by atoms with Crippen LogP contribution in [-0.4, -0.2) is 50.8 Å². The molecule has 0 bridgehead atoms. The number of nitrogens with zero attached hydrogens (tertiary/aromatic N) is 1. The van der Waals surface area contributed by atoms with Crippen LogP contribution in [0.15, 0.2) is 0 Å². The van der Waals surface area contributed by atoms with Crippen molar-refractivity contribution in [1.29, 1.82) is 0 Å². The molecule has 0 aliphatic heterocycles. The minimum Gasteiger partial charge on any atom is -0.380 e. The van der Waals surface area contributed by atoms with Gasteiger partial charge in [-0.1, -0.05) is 13.8 Å². The SMILES string of the molecule is CC(C)CCOCCNCCN(C)C1CC1. The molecule has 1 rings (SSSR count). The van der Waals surface area contributed by atoms with Gasteiger partial charge in [-0.15, -0.1) is 0 Å². The number of hydrogen-bond donors (Lipinski definition) is 1. The zero-order valence-corrected chi connectivity index (χ0v) is 11.2. The van der Waals surface area contributed by atoms with E-state index in [2.05, 4.69) is 31.1 Å². The first-order valence-electron chi connectivity index (χ1n) is 6.69. The summed E-state index contributed by atoms with van der Waals surface area (Å²) in [4.78, 5) is 2.45. The summed E-state index contributed by atoms with van der Waals surface area (Å²) in [7, 11) is 2.22. The van der Waals surface area contributed by atoms with Crippen molar-refractivity contribution in [2.45, 2.75) is 39.2 Å². The summed E-state index contributed by atoms with van der Waals surface area (Å²) >= 11 is 0. The molecule has 0 unspecified atom stereocenters. The molecule has 16 heavy (non-hydrogen) atoms. The van der Waals surface area contributed by atoms with Crippen molar-refractivity contribution in [3.8, 4) is 0 Å². The minimum atomic E-state index is 0.750. The van der Waals surface area contributed by atoms with Crippen LogP contribution in [0.25, 0.3) is 0 Å². The van der Waals surface area contributed by atoms with Gasteiger partial charge in [0, 0.05) is 32.3 Å². The van der Waals surface area contributed by atoms with Crippen LogP contribution in [0.4, 0.5) is 0 Å². The van der Waals surface area contributed by atoms with Crippen LogP contribution in [0, 0.1) is 5.92 Å². The fourth-order valence-electron chi connectivity index (χ4n) is 1.64. The Kier molecular flexibility index (Phi) is 7.01. The summed E-state index contributed by atoms with van der Waals surface area (Å²) in [5, 5.41) is 3.42. The molecular weight excluding hydrogens is 200 g/mol. The Balaban J connectivity index is 1.74. The molecule has 0 radical (unpaired) electrons. The molecule has 1 N–H and O–H groups in total. The largest absolute Gasteiger partial charge is 0.380 e. The van der Waals surface area contributed by atoms with E-state index in [1.807, 2.05) is 0 Å². The van der Waals surface area contributed by atoms with Crippen molar-refractivity contribution < 1.29 is 4.74 Å². The van der Waals surface area contributed by atoms with Crippen LogP contribution in [0.3, 0.4) is 0 Å². The highest BCUT2D eigenvalue weighted by atomic mass is 16.5. The second kappa shape index (κ2) is 8.04. The van der Waals surface area contributed by atoms with Gasteiger partial charge < -0.3 is 15.0 Å². The number of nitrogens with one attached hydrogen (secondary N) is 1. The van der Waals surface area contributed by atoms with Gasteiger partial charge in [0.1, 0.15) is 0 Å². The van der Waals surface area contributed by atoms with Gasteiger partial charge in [-0.2, -0.15) is 0 Å². The zero-order chi connectivity index (χ0) is 11.8. The van der Waals surface area contributed by atoms with Crippen LogP contribution in [-0.2, 0) is 4.74 Å². The monoisotopic (exact) mass is 228 g/mol. The Morgan fingerprint density at radius 3 is 2.62 bits per heavy atom. The normalized spacial score (nSPS) is 16.3. The minimum absolute atomic E-state index is 0.750. The molecule has 1 aliphatic rings. The lowest BCUT2D eigenvalue weighted by Gasteiger charge is -2.15. The summed E-state index contributed by atoms with van der Waals surface area (Å²) in [6.07, 6.45) is 3.97. The lowest BCUT2D eigenvalue weighted by Crippen LogP contribution is -2.32. The Morgan fingerprint density at radius 1 is 1.25 bits per heavy atom. The predicted octanol–water partition coefficient (Wildman–Crippen LogP) is 1.73. The van der Waals surface area contributed by atoms with E-state index in [1.165, 1.54) is 19.3 Å². The third-order valence-electron chi connectivity index (χ3n) is 3.07. The maximum absolute atomic E-state index is 5.54. The van der Waals surface area contributed by atoms with Gasteiger partial charge in [0.05, 0.1) is 6.61 Å². The Hall–Kier alpha value is -0.120. The second-order valence-corrected chi connectivity index (χ2v) is 5.26. The van der Waals surface area contributed by atoms with E-state index >= 15 is 0 Å². The van der Waals surface area contributed by atoms with Crippen molar-refractivity contribution in [1.82, 2.24) is 10.2 Å². The molecular formula is C13H28N2O. The van der Waals surface area contributed by atoms with Gasteiger partial charge in [0.25, 0.3) is 0 Å². The molecule has 0 saturated heterocycles. The molecule has 0 heterocycles. The van der Waals surface area contributed by atoms with Gasteiger partial charge in [0.15, 0.2) is 0 Å². The van der Waals surface area contributed by atoms with E-state index in [4.69, 9.17) is 4.74 Å². The molecule has 3 nitrogen and oxygen atoms in total. The van der Waals surface area contributed by atoms with Gasteiger partial charge >= 0.3 is 0 Å². The summed E-state index contributed by atoms with van der Waals surface area (Å²) < 4.78 is 5.54. The molecule has 96 valence electrons. The average molecular weight is 228 g/mol. The molecule has 0 amide bonds. The molecule has 0 aromatic carbocycles. The first-order chi connectivity index (χ1) is 7.70. The molecule has 1 saturated carbocycles. The van der Waals surface area contributed by atoms with Crippen molar-refractivity contribution in [2.75, 3.05) is 39.9 Å². The van der Waals surface area contributed by atoms with E-state index in [1.54, 1.807) is 0 Å². The summed E-state index contributed by atoms with van der Waals surface area (Å²) in [6, 6.07) is 0.879. The van der Waals surface area contributed by atoms with Crippen LogP contribution in [0.5, 0.6) is 0 Å². The van der Waals surface area contributed by atoms with Crippen LogP contribution in [0.1, 0.15) is 33.1 Å². The number of ether oxygens (including phenoxy) is 1. The summed E-state index contributed by atoms with van der Waals surface area (Å²) in [5.74, 6) is 0.750. The number of rotatable bonds is 10. The maximum atomic E-state index is 5.54. The number of likely N-dealkylation sites (N-methyl/N-ethyl adjacent to an activating group) is 1. The summed E-state index contributed by atoms with van der Waals surface area (Å²) in [5.41, 5.74) is 0. The number of hydrogen-bond acceptors (Lipinski definition) is 3. The van der Waals surface area contributed by atoms with Gasteiger partial charge in [0.2, 0.25) is 0 Å². The van der Waals surface area contributed by atoms with Crippen molar-refractivity contribution in [2.24, 2.45) is 5.92 Å². The lowest BCUT2D eigenvalue weighted by molar-refractivity contribution is 0.125. The maximum Gasteiger partial charge on any atom is 0.0590 e. The van der Waals surface area contributed by atoms with Crippen molar-refractivity contribution in [3.05, 3.63) is 0 Å². The Labute approximate surface area is 101 Å². The highest BCUT2D eigenvalue weighted by molar-refractivity contribution is 4.82. The van der Waals surface area contributed by atoms with E-state index < -0.39 is 0 Å². The molecule has 0 atom stereocenters. The van der Waals surface area contributed by atoms with E-state index in [9.17, 15) is 0 Å². The topological polar surface area (TPSA) is 24.5 Å².